The molecule has 4 N–H and O–H groups in total. The summed E-state index contributed by atoms with van der Waals surface area (Å²) in [5, 5.41) is 9.77. The highest BCUT2D eigenvalue weighted by atomic mass is 16.3. The average molecular weight is 293 g/mol. The van der Waals surface area contributed by atoms with Crippen LogP contribution in [0.3, 0.4) is 0 Å². The molecule has 116 valence electrons. The number of hydrazine groups is 1. The molecule has 1 aromatic rings. The van der Waals surface area contributed by atoms with E-state index in [9.17, 15) is 9.90 Å². The molecule has 1 aliphatic rings. The van der Waals surface area contributed by atoms with Crippen LogP contribution in [-0.2, 0) is 0 Å². The SMILES string of the molecule is CC(C)c1ncc(NN)c(C(=O)N2CCC(O)C(C)C2)n1. The van der Waals surface area contributed by atoms with Gasteiger partial charge in [-0.3, -0.25) is 10.6 Å². The van der Waals surface area contributed by atoms with Crippen molar-refractivity contribution in [3.8, 4) is 0 Å². The number of rotatable bonds is 3. The number of nitrogens with zero attached hydrogens (tertiary/aromatic N) is 3. The fraction of sp³-hybridized carbons (Fsp3) is 0.643. The summed E-state index contributed by atoms with van der Waals surface area (Å²) < 4.78 is 0. The van der Waals surface area contributed by atoms with Crippen LogP contribution in [0.15, 0.2) is 6.20 Å². The third-order valence-electron chi connectivity index (χ3n) is 3.83. The summed E-state index contributed by atoms with van der Waals surface area (Å²) in [6, 6.07) is 0. The zero-order valence-corrected chi connectivity index (χ0v) is 12.7. The molecule has 1 amide bonds. The van der Waals surface area contributed by atoms with Gasteiger partial charge in [0.15, 0.2) is 5.69 Å². The number of anilines is 1. The van der Waals surface area contributed by atoms with Crippen molar-refractivity contribution in [2.24, 2.45) is 11.8 Å². The largest absolute Gasteiger partial charge is 0.393 e. The zero-order chi connectivity index (χ0) is 15.6. The van der Waals surface area contributed by atoms with E-state index in [4.69, 9.17) is 5.84 Å². The lowest BCUT2D eigenvalue weighted by Gasteiger charge is -2.34. The molecule has 2 unspecified atom stereocenters. The molecule has 0 spiro atoms. The van der Waals surface area contributed by atoms with Gasteiger partial charge in [-0.2, -0.15) is 0 Å². The van der Waals surface area contributed by atoms with Gasteiger partial charge in [-0.05, 0) is 12.3 Å². The van der Waals surface area contributed by atoms with Crippen LogP contribution in [0.5, 0.6) is 0 Å². The number of nitrogens with one attached hydrogen (secondary N) is 1. The number of nitrogens with two attached hydrogens (primary N) is 1. The minimum atomic E-state index is -0.349. The highest BCUT2D eigenvalue weighted by molar-refractivity contribution is 5.97. The quantitative estimate of drug-likeness (QED) is 0.560. The number of nitrogen functional groups attached to an aromatic ring is 1. The lowest BCUT2D eigenvalue weighted by Crippen LogP contribution is -2.45. The second-order valence-electron chi connectivity index (χ2n) is 5.87. The number of likely N-dealkylation sites (tertiary alicyclic amines) is 1. The summed E-state index contributed by atoms with van der Waals surface area (Å²) in [4.78, 5) is 22.9. The van der Waals surface area contributed by atoms with Crippen molar-refractivity contribution in [1.82, 2.24) is 14.9 Å². The highest BCUT2D eigenvalue weighted by Crippen LogP contribution is 2.22. The van der Waals surface area contributed by atoms with E-state index in [0.717, 1.165) is 0 Å². The monoisotopic (exact) mass is 293 g/mol. The molecule has 21 heavy (non-hydrogen) atoms. The fourth-order valence-corrected chi connectivity index (χ4v) is 2.41. The molecule has 7 heteroatoms. The third-order valence-corrected chi connectivity index (χ3v) is 3.83. The van der Waals surface area contributed by atoms with Crippen LogP contribution in [0, 0.1) is 5.92 Å². The van der Waals surface area contributed by atoms with Gasteiger partial charge in [0.1, 0.15) is 5.82 Å². The van der Waals surface area contributed by atoms with Crippen LogP contribution in [0.4, 0.5) is 5.69 Å². The Morgan fingerprint density at radius 1 is 1.57 bits per heavy atom. The normalized spacial score (nSPS) is 22.5. The van der Waals surface area contributed by atoms with Gasteiger partial charge >= 0.3 is 0 Å². The molecule has 1 fully saturated rings. The first-order valence-electron chi connectivity index (χ1n) is 7.25. The molecule has 0 aliphatic carbocycles. The van der Waals surface area contributed by atoms with E-state index in [1.165, 1.54) is 6.20 Å². The summed E-state index contributed by atoms with van der Waals surface area (Å²) in [5.41, 5.74) is 3.19. The number of aromatic nitrogens is 2. The molecule has 0 radical (unpaired) electrons. The Morgan fingerprint density at radius 3 is 2.86 bits per heavy atom. The van der Waals surface area contributed by atoms with Crippen LogP contribution in [0.2, 0.25) is 0 Å². The van der Waals surface area contributed by atoms with E-state index in [1.807, 2.05) is 20.8 Å². The first kappa shape index (κ1) is 15.7. The Kier molecular flexibility index (Phi) is 4.74. The summed E-state index contributed by atoms with van der Waals surface area (Å²) >= 11 is 0. The van der Waals surface area contributed by atoms with Crippen molar-refractivity contribution in [2.45, 2.75) is 39.2 Å². The lowest BCUT2D eigenvalue weighted by molar-refractivity contribution is 0.0294. The van der Waals surface area contributed by atoms with Crippen molar-refractivity contribution in [1.29, 1.82) is 0 Å². The van der Waals surface area contributed by atoms with Gasteiger partial charge in [0.05, 0.1) is 18.0 Å². The summed E-state index contributed by atoms with van der Waals surface area (Å²) in [6.45, 7) is 6.92. The smallest absolute Gasteiger partial charge is 0.274 e. The van der Waals surface area contributed by atoms with Gasteiger partial charge in [0, 0.05) is 19.0 Å². The van der Waals surface area contributed by atoms with Gasteiger partial charge < -0.3 is 15.4 Å². The first-order valence-corrected chi connectivity index (χ1v) is 7.25. The number of hydrogen-bond donors (Lipinski definition) is 3. The molecule has 1 aliphatic heterocycles. The minimum Gasteiger partial charge on any atom is -0.393 e. The Bertz CT molecular complexity index is 520. The first-order chi connectivity index (χ1) is 9.93. The second kappa shape index (κ2) is 6.36. The molecule has 7 nitrogen and oxygen atoms in total. The molecule has 2 rings (SSSR count). The molecule has 2 heterocycles. The van der Waals surface area contributed by atoms with Crippen molar-refractivity contribution >= 4 is 11.6 Å². The van der Waals surface area contributed by atoms with E-state index in [-0.39, 0.29) is 23.8 Å². The predicted octanol–water partition coefficient (Wildman–Crippen LogP) is 0.728. The number of piperidine rings is 1. The average Bonchev–Trinajstić information content (AvgIpc) is 2.48. The Balaban J connectivity index is 2.27. The number of hydrogen-bond acceptors (Lipinski definition) is 6. The van der Waals surface area contributed by atoms with Crippen LogP contribution < -0.4 is 11.3 Å². The molecular weight excluding hydrogens is 270 g/mol. The third kappa shape index (κ3) is 3.30. The standard InChI is InChI=1S/C14H23N5O2/c1-8(2)13-16-6-10(18-15)12(17-13)14(21)19-5-4-11(20)9(3)7-19/h6,8-9,11,18,20H,4-5,7,15H2,1-3H3. The number of carbonyl (C=O) groups is 1. The van der Waals surface area contributed by atoms with Crippen molar-refractivity contribution in [3.05, 3.63) is 17.7 Å². The number of amides is 1. The van der Waals surface area contributed by atoms with Crippen LogP contribution in [0.25, 0.3) is 0 Å². The number of carbonyl (C=O) groups excluding carboxylic acids is 1. The molecule has 0 aromatic carbocycles. The molecular formula is C14H23N5O2. The van der Waals surface area contributed by atoms with Crippen LogP contribution >= 0.6 is 0 Å². The predicted molar refractivity (Wildman–Crippen MR) is 79.6 cm³/mol. The number of aliphatic hydroxyl groups excluding tert-OH is 1. The minimum absolute atomic E-state index is 0.0587. The molecule has 0 bridgehead atoms. The maximum atomic E-state index is 12.7. The van der Waals surface area contributed by atoms with Crippen molar-refractivity contribution in [3.63, 3.8) is 0 Å². The van der Waals surface area contributed by atoms with Crippen molar-refractivity contribution < 1.29 is 9.90 Å². The van der Waals surface area contributed by atoms with Gasteiger partial charge in [-0.1, -0.05) is 20.8 Å². The molecule has 1 saturated heterocycles. The van der Waals surface area contributed by atoms with Gasteiger partial charge in [0.2, 0.25) is 0 Å². The molecule has 1 aromatic heterocycles. The zero-order valence-electron chi connectivity index (χ0n) is 12.7. The number of aliphatic hydroxyl groups is 1. The Hall–Kier alpha value is -1.73. The highest BCUT2D eigenvalue weighted by Gasteiger charge is 2.29. The summed E-state index contributed by atoms with van der Waals surface area (Å²) in [6.07, 6.45) is 1.77. The van der Waals surface area contributed by atoms with E-state index < -0.39 is 0 Å². The van der Waals surface area contributed by atoms with E-state index in [1.54, 1.807) is 4.90 Å². The van der Waals surface area contributed by atoms with Gasteiger partial charge in [0.25, 0.3) is 5.91 Å². The van der Waals surface area contributed by atoms with E-state index in [2.05, 4.69) is 15.4 Å². The van der Waals surface area contributed by atoms with Crippen LogP contribution in [0.1, 0.15) is 49.4 Å². The maximum absolute atomic E-state index is 12.7. The van der Waals surface area contributed by atoms with Crippen molar-refractivity contribution in [2.75, 3.05) is 18.5 Å². The topological polar surface area (TPSA) is 104 Å². The maximum Gasteiger partial charge on any atom is 0.274 e. The molecule has 2 atom stereocenters. The van der Waals surface area contributed by atoms with E-state index >= 15 is 0 Å². The van der Waals surface area contributed by atoms with E-state index in [0.29, 0.717) is 36.7 Å². The second-order valence-corrected chi connectivity index (χ2v) is 5.87. The van der Waals surface area contributed by atoms with Crippen LogP contribution in [-0.4, -0.2) is 45.1 Å². The summed E-state index contributed by atoms with van der Waals surface area (Å²) in [7, 11) is 0. The van der Waals surface area contributed by atoms with Gasteiger partial charge in [-0.25, -0.2) is 9.97 Å². The summed E-state index contributed by atoms with van der Waals surface area (Å²) in [5.74, 6) is 6.08. The molecule has 0 saturated carbocycles. The Labute approximate surface area is 124 Å². The Morgan fingerprint density at radius 2 is 2.29 bits per heavy atom. The fourth-order valence-electron chi connectivity index (χ4n) is 2.41. The lowest BCUT2D eigenvalue weighted by atomic mass is 9.96. The van der Waals surface area contributed by atoms with Gasteiger partial charge in [-0.15, -0.1) is 0 Å².